The molecule has 2 heterocycles. The molecular weight excluding hydrogens is 507 g/mol. The molecule has 7 nitrogen and oxygen atoms in total. The van der Waals surface area contributed by atoms with E-state index in [-0.39, 0.29) is 17.1 Å². The lowest BCUT2D eigenvalue weighted by Crippen LogP contribution is -2.32. The highest BCUT2D eigenvalue weighted by molar-refractivity contribution is 8.04. The summed E-state index contributed by atoms with van der Waals surface area (Å²) in [6.07, 6.45) is 0. The molecule has 10 heteroatoms. The average Bonchev–Trinajstić information content (AvgIpc) is 3.01. The maximum atomic E-state index is 13.5. The molecular formula is C25H22Cl2N4O3S. The Morgan fingerprint density at radius 1 is 0.971 bits per heavy atom. The molecule has 0 bridgehead atoms. The van der Waals surface area contributed by atoms with Gasteiger partial charge in [0.1, 0.15) is 16.4 Å². The maximum Gasteiger partial charge on any atom is 0.278 e. The first kappa shape index (κ1) is 25.0. The van der Waals surface area contributed by atoms with Crippen LogP contribution in [0.4, 0.5) is 5.69 Å². The van der Waals surface area contributed by atoms with Crippen molar-refractivity contribution in [3.63, 3.8) is 0 Å². The number of nitrogens with zero attached hydrogens (tertiary/aromatic N) is 3. The summed E-state index contributed by atoms with van der Waals surface area (Å²) >= 11 is 13.3. The van der Waals surface area contributed by atoms with Gasteiger partial charge in [-0.15, -0.1) is 0 Å². The monoisotopic (exact) mass is 528 g/mol. The zero-order chi connectivity index (χ0) is 25.3. The minimum Gasteiger partial charge on any atom is -0.495 e. The standard InChI is InChI=1S/C25H22Cl2N4O3S/c1-13-9-19(20(34-4)11-18(13)27)30-21-22(35-25-28-14(2)10-15(3)29-25)24(33)31(23(21)32)12-16-5-7-17(26)8-6-16/h5-11,30H,12H2,1-4H3. The molecule has 0 saturated carbocycles. The van der Waals surface area contributed by atoms with Gasteiger partial charge in [0.15, 0.2) is 5.16 Å². The molecule has 180 valence electrons. The molecule has 0 spiro atoms. The molecule has 1 N–H and O–H groups in total. The SMILES string of the molecule is COc1cc(Cl)c(C)cc1NC1=C(Sc2nc(C)cc(C)n2)C(=O)N(Cc2ccc(Cl)cc2)C1=O. The Labute approximate surface area is 217 Å². The van der Waals surface area contributed by atoms with E-state index in [2.05, 4.69) is 15.3 Å². The summed E-state index contributed by atoms with van der Waals surface area (Å²) in [5.41, 5.74) is 3.72. The van der Waals surface area contributed by atoms with E-state index in [4.69, 9.17) is 27.9 Å². The maximum absolute atomic E-state index is 13.5. The summed E-state index contributed by atoms with van der Waals surface area (Å²) in [6, 6.07) is 12.3. The number of methoxy groups -OCH3 is 1. The first-order chi connectivity index (χ1) is 16.7. The Hall–Kier alpha value is -3.07. The molecule has 4 rings (SSSR count). The number of amides is 2. The fraction of sp³-hybridized carbons (Fsp3) is 0.200. The van der Waals surface area contributed by atoms with Crippen molar-refractivity contribution >= 4 is 52.5 Å². The number of anilines is 1. The molecule has 35 heavy (non-hydrogen) atoms. The lowest BCUT2D eigenvalue weighted by Gasteiger charge is -2.16. The van der Waals surface area contributed by atoms with E-state index >= 15 is 0 Å². The van der Waals surface area contributed by atoms with Crippen molar-refractivity contribution in [3.05, 3.63) is 85.6 Å². The Bertz CT molecular complexity index is 1340. The second kappa shape index (κ2) is 10.3. The first-order valence-electron chi connectivity index (χ1n) is 10.6. The molecule has 0 atom stereocenters. The molecule has 0 fully saturated rings. The molecule has 3 aromatic rings. The van der Waals surface area contributed by atoms with Crippen LogP contribution in [0.15, 0.2) is 58.2 Å². The van der Waals surface area contributed by atoms with Gasteiger partial charge in [-0.1, -0.05) is 35.3 Å². The first-order valence-corrected chi connectivity index (χ1v) is 12.2. The van der Waals surface area contributed by atoms with Crippen molar-refractivity contribution in [2.45, 2.75) is 32.5 Å². The minimum absolute atomic E-state index is 0.0918. The van der Waals surface area contributed by atoms with Gasteiger partial charge in [-0.2, -0.15) is 0 Å². The number of aromatic nitrogens is 2. The van der Waals surface area contributed by atoms with Crippen LogP contribution in [0.2, 0.25) is 10.0 Å². The molecule has 0 unspecified atom stereocenters. The van der Waals surface area contributed by atoms with E-state index < -0.39 is 11.8 Å². The van der Waals surface area contributed by atoms with Gasteiger partial charge < -0.3 is 10.1 Å². The van der Waals surface area contributed by atoms with E-state index in [0.717, 1.165) is 34.3 Å². The second-order valence-electron chi connectivity index (χ2n) is 7.99. The van der Waals surface area contributed by atoms with Crippen molar-refractivity contribution in [3.8, 4) is 5.75 Å². The highest BCUT2D eigenvalue weighted by atomic mass is 35.5. The number of hydrogen-bond donors (Lipinski definition) is 1. The Morgan fingerprint density at radius 2 is 1.63 bits per heavy atom. The highest BCUT2D eigenvalue weighted by Gasteiger charge is 2.40. The smallest absolute Gasteiger partial charge is 0.278 e. The topological polar surface area (TPSA) is 84.4 Å². The molecule has 2 aromatic carbocycles. The molecule has 2 amide bonds. The van der Waals surface area contributed by atoms with Gasteiger partial charge in [-0.25, -0.2) is 9.97 Å². The van der Waals surface area contributed by atoms with Crippen LogP contribution in [0.25, 0.3) is 0 Å². The van der Waals surface area contributed by atoms with E-state index in [1.165, 1.54) is 12.0 Å². The molecule has 1 aliphatic rings. The van der Waals surface area contributed by atoms with Crippen LogP contribution in [0.5, 0.6) is 5.75 Å². The lowest BCUT2D eigenvalue weighted by molar-refractivity contribution is -0.137. The van der Waals surface area contributed by atoms with E-state index in [1.807, 2.05) is 26.8 Å². The van der Waals surface area contributed by atoms with Gasteiger partial charge in [0.25, 0.3) is 11.8 Å². The van der Waals surface area contributed by atoms with Crippen LogP contribution in [-0.4, -0.2) is 33.8 Å². The predicted molar refractivity (Wildman–Crippen MR) is 138 cm³/mol. The quantitative estimate of drug-likeness (QED) is 0.310. The third-order valence-electron chi connectivity index (χ3n) is 5.27. The number of imide groups is 1. The summed E-state index contributed by atoms with van der Waals surface area (Å²) < 4.78 is 5.45. The summed E-state index contributed by atoms with van der Waals surface area (Å²) in [6.45, 7) is 5.63. The van der Waals surface area contributed by atoms with Gasteiger partial charge in [0.05, 0.1) is 19.3 Å². The Kier molecular flexibility index (Phi) is 7.35. The van der Waals surface area contributed by atoms with Crippen LogP contribution in [0.3, 0.4) is 0 Å². The number of carbonyl (C=O) groups excluding carboxylic acids is 2. The minimum atomic E-state index is -0.466. The van der Waals surface area contributed by atoms with Crippen molar-refractivity contribution in [1.82, 2.24) is 14.9 Å². The number of aryl methyl sites for hydroxylation is 3. The van der Waals surface area contributed by atoms with Crippen LogP contribution < -0.4 is 10.1 Å². The summed E-state index contributed by atoms with van der Waals surface area (Å²) in [4.78, 5) is 37.2. The predicted octanol–water partition coefficient (Wildman–Crippen LogP) is 5.70. The number of ether oxygens (including phenoxy) is 1. The van der Waals surface area contributed by atoms with Gasteiger partial charge in [-0.3, -0.25) is 14.5 Å². The number of halogens is 2. The number of carbonyl (C=O) groups is 2. The molecule has 0 radical (unpaired) electrons. The van der Waals surface area contributed by atoms with Gasteiger partial charge in [0.2, 0.25) is 0 Å². The largest absolute Gasteiger partial charge is 0.495 e. The third kappa shape index (κ3) is 5.45. The van der Waals surface area contributed by atoms with Crippen molar-refractivity contribution in [1.29, 1.82) is 0 Å². The zero-order valence-electron chi connectivity index (χ0n) is 19.5. The fourth-order valence-corrected chi connectivity index (χ4v) is 4.85. The van der Waals surface area contributed by atoms with Crippen molar-refractivity contribution in [2.75, 3.05) is 12.4 Å². The number of benzene rings is 2. The highest BCUT2D eigenvalue weighted by Crippen LogP contribution is 2.38. The number of hydrogen-bond acceptors (Lipinski definition) is 7. The van der Waals surface area contributed by atoms with Gasteiger partial charge >= 0.3 is 0 Å². The normalized spacial score (nSPS) is 13.6. The number of thioether (sulfide) groups is 1. The van der Waals surface area contributed by atoms with Crippen LogP contribution in [0.1, 0.15) is 22.5 Å². The molecule has 0 aliphatic carbocycles. The zero-order valence-corrected chi connectivity index (χ0v) is 21.8. The summed E-state index contributed by atoms with van der Waals surface area (Å²) in [5.74, 6) is -0.465. The van der Waals surface area contributed by atoms with Gasteiger partial charge in [0, 0.05) is 27.5 Å². The molecule has 1 aliphatic heterocycles. The summed E-state index contributed by atoms with van der Waals surface area (Å²) in [5, 5.41) is 4.60. The average molecular weight is 529 g/mol. The van der Waals surface area contributed by atoms with E-state index in [9.17, 15) is 9.59 Å². The summed E-state index contributed by atoms with van der Waals surface area (Å²) in [7, 11) is 1.51. The molecule has 1 aromatic heterocycles. The fourth-order valence-electron chi connectivity index (χ4n) is 3.57. The lowest BCUT2D eigenvalue weighted by atomic mass is 10.2. The van der Waals surface area contributed by atoms with E-state index in [1.54, 1.807) is 36.4 Å². The van der Waals surface area contributed by atoms with Gasteiger partial charge in [-0.05, 0) is 67.9 Å². The second-order valence-corrected chi connectivity index (χ2v) is 9.81. The number of nitrogens with one attached hydrogen (secondary N) is 1. The van der Waals surface area contributed by atoms with Crippen molar-refractivity contribution in [2.24, 2.45) is 0 Å². The number of rotatable bonds is 7. The van der Waals surface area contributed by atoms with E-state index in [0.29, 0.717) is 26.6 Å². The Morgan fingerprint density at radius 3 is 2.26 bits per heavy atom. The Balaban J connectivity index is 1.75. The third-order valence-corrected chi connectivity index (χ3v) is 6.88. The van der Waals surface area contributed by atoms with Crippen LogP contribution in [0, 0.1) is 20.8 Å². The van der Waals surface area contributed by atoms with Crippen LogP contribution in [-0.2, 0) is 16.1 Å². The van der Waals surface area contributed by atoms with Crippen LogP contribution >= 0.6 is 35.0 Å². The van der Waals surface area contributed by atoms with Crippen molar-refractivity contribution < 1.29 is 14.3 Å². The molecule has 0 saturated heterocycles.